The maximum atomic E-state index is 5.95. The Morgan fingerprint density at radius 3 is 2.72 bits per heavy atom. The molecule has 1 atom stereocenters. The van der Waals surface area contributed by atoms with Gasteiger partial charge in [-0.05, 0) is 76.0 Å². The third-order valence-corrected chi connectivity index (χ3v) is 6.08. The Morgan fingerprint density at radius 2 is 1.96 bits per heavy atom. The zero-order chi connectivity index (χ0) is 17.3. The van der Waals surface area contributed by atoms with Crippen molar-refractivity contribution in [1.29, 1.82) is 0 Å². The van der Waals surface area contributed by atoms with Gasteiger partial charge in [-0.2, -0.15) is 0 Å². The Labute approximate surface area is 153 Å². The number of para-hydroxylation sites is 1. The molecule has 4 heteroatoms. The van der Waals surface area contributed by atoms with E-state index >= 15 is 0 Å². The maximum absolute atomic E-state index is 5.95. The van der Waals surface area contributed by atoms with E-state index in [0.29, 0.717) is 5.19 Å². The van der Waals surface area contributed by atoms with Crippen molar-refractivity contribution in [1.82, 2.24) is 9.88 Å². The number of nitrogens with zero attached hydrogens (tertiary/aromatic N) is 2. The number of piperidine rings is 1. The van der Waals surface area contributed by atoms with E-state index in [4.69, 9.17) is 4.74 Å². The first kappa shape index (κ1) is 16.6. The van der Waals surface area contributed by atoms with Crippen LogP contribution in [0, 0.1) is 6.42 Å². The van der Waals surface area contributed by atoms with Gasteiger partial charge in [0.15, 0.2) is 0 Å². The van der Waals surface area contributed by atoms with Crippen molar-refractivity contribution in [3.63, 3.8) is 0 Å². The molecule has 0 bridgehead atoms. The van der Waals surface area contributed by atoms with Gasteiger partial charge in [0.2, 0.25) is 0 Å². The van der Waals surface area contributed by atoms with Crippen LogP contribution in [0.2, 0.25) is 0 Å². The van der Waals surface area contributed by atoms with Crippen LogP contribution in [0.15, 0.2) is 48.5 Å². The first-order valence-corrected chi connectivity index (χ1v) is 9.59. The molecule has 0 saturated carbocycles. The normalized spacial score (nSPS) is 21.5. The lowest BCUT2D eigenvalue weighted by molar-refractivity contribution is 0.113. The summed E-state index contributed by atoms with van der Waals surface area (Å²) in [6.45, 7) is 3.50. The molecule has 0 amide bonds. The molecule has 3 nitrogen and oxygen atoms in total. The highest BCUT2D eigenvalue weighted by atomic mass is 32.1. The molecule has 0 spiro atoms. The van der Waals surface area contributed by atoms with Crippen molar-refractivity contribution in [2.24, 2.45) is 0 Å². The summed E-state index contributed by atoms with van der Waals surface area (Å²) in [5.41, 5.74) is 2.55. The second-order valence-electron chi connectivity index (χ2n) is 7.07. The van der Waals surface area contributed by atoms with Gasteiger partial charge in [-0.25, -0.2) is 4.98 Å². The van der Waals surface area contributed by atoms with Gasteiger partial charge >= 0.3 is 0 Å². The number of likely N-dealkylation sites (tertiary alicyclic amines) is 1. The van der Waals surface area contributed by atoms with Crippen LogP contribution >= 0.6 is 11.3 Å². The lowest BCUT2D eigenvalue weighted by Crippen LogP contribution is -2.48. The van der Waals surface area contributed by atoms with Gasteiger partial charge in [-0.3, -0.25) is 0 Å². The SMILES string of the molecule is CN1CC[CH]CC1(C)Cc1ccc(Oc2nc3ccccc3s2)cc1. The van der Waals surface area contributed by atoms with Gasteiger partial charge in [-0.15, -0.1) is 0 Å². The molecule has 1 aliphatic rings. The molecule has 1 aromatic heterocycles. The van der Waals surface area contributed by atoms with Crippen LogP contribution in [-0.4, -0.2) is 29.0 Å². The molecule has 1 radical (unpaired) electrons. The van der Waals surface area contributed by atoms with E-state index in [2.05, 4.69) is 60.6 Å². The van der Waals surface area contributed by atoms with E-state index < -0.39 is 0 Å². The largest absolute Gasteiger partial charge is 0.431 e. The molecule has 129 valence electrons. The first-order valence-electron chi connectivity index (χ1n) is 8.78. The van der Waals surface area contributed by atoms with Crippen molar-refractivity contribution in [2.45, 2.75) is 31.7 Å². The minimum atomic E-state index is 0.216. The van der Waals surface area contributed by atoms with Crippen LogP contribution < -0.4 is 4.74 Å². The molecule has 25 heavy (non-hydrogen) atoms. The number of ether oxygens (including phenoxy) is 1. The lowest BCUT2D eigenvalue weighted by Gasteiger charge is -2.43. The monoisotopic (exact) mass is 351 g/mol. The fraction of sp³-hybridized carbons (Fsp3) is 0.333. The second-order valence-corrected chi connectivity index (χ2v) is 8.06. The highest BCUT2D eigenvalue weighted by molar-refractivity contribution is 7.20. The molecule has 1 saturated heterocycles. The van der Waals surface area contributed by atoms with Gasteiger partial charge in [-0.1, -0.05) is 35.6 Å². The van der Waals surface area contributed by atoms with Crippen LogP contribution in [0.4, 0.5) is 0 Å². The third-order valence-electron chi connectivity index (χ3n) is 5.16. The van der Waals surface area contributed by atoms with Crippen molar-refractivity contribution in [3.05, 3.63) is 60.5 Å². The van der Waals surface area contributed by atoms with Gasteiger partial charge in [0.05, 0.1) is 10.2 Å². The molecule has 3 aromatic rings. The lowest BCUT2D eigenvalue weighted by atomic mass is 9.83. The zero-order valence-corrected chi connectivity index (χ0v) is 15.6. The number of hydrogen-bond acceptors (Lipinski definition) is 4. The molecule has 0 N–H and O–H groups in total. The molecule has 1 aliphatic heterocycles. The third kappa shape index (κ3) is 3.55. The average Bonchev–Trinajstić information content (AvgIpc) is 3.02. The molecule has 4 rings (SSSR count). The predicted molar refractivity (Wildman–Crippen MR) is 104 cm³/mol. The van der Waals surface area contributed by atoms with E-state index in [1.807, 2.05) is 18.2 Å². The van der Waals surface area contributed by atoms with E-state index in [0.717, 1.165) is 35.4 Å². The summed E-state index contributed by atoms with van der Waals surface area (Å²) >= 11 is 1.58. The standard InChI is InChI=1S/C21H23N2OS/c1-21(13-5-6-14-23(21)2)15-16-9-11-17(12-10-16)24-20-22-18-7-3-4-8-19(18)25-20/h3-5,7-12H,6,13-15H2,1-2H3. The van der Waals surface area contributed by atoms with Crippen LogP contribution in [0.5, 0.6) is 10.9 Å². The number of hydrogen-bond donors (Lipinski definition) is 0. The van der Waals surface area contributed by atoms with Crippen molar-refractivity contribution in [2.75, 3.05) is 13.6 Å². The van der Waals surface area contributed by atoms with Crippen LogP contribution in [0.3, 0.4) is 0 Å². The van der Waals surface area contributed by atoms with Crippen LogP contribution in [-0.2, 0) is 6.42 Å². The summed E-state index contributed by atoms with van der Waals surface area (Å²) in [4.78, 5) is 7.02. The Bertz CT molecular complexity index is 825. The zero-order valence-electron chi connectivity index (χ0n) is 14.7. The number of thiazole rings is 1. The Morgan fingerprint density at radius 1 is 1.16 bits per heavy atom. The molecule has 2 aromatic carbocycles. The van der Waals surface area contributed by atoms with E-state index in [-0.39, 0.29) is 5.54 Å². The van der Waals surface area contributed by atoms with Crippen molar-refractivity contribution < 1.29 is 4.74 Å². The van der Waals surface area contributed by atoms with Gasteiger partial charge < -0.3 is 9.64 Å². The minimum Gasteiger partial charge on any atom is -0.431 e. The van der Waals surface area contributed by atoms with Crippen LogP contribution in [0.1, 0.15) is 25.3 Å². The molecular formula is C21H23N2OS. The fourth-order valence-electron chi connectivity index (χ4n) is 3.44. The summed E-state index contributed by atoms with van der Waals surface area (Å²) in [7, 11) is 2.23. The summed E-state index contributed by atoms with van der Waals surface area (Å²) in [5, 5.41) is 0.697. The summed E-state index contributed by atoms with van der Waals surface area (Å²) in [6, 6.07) is 16.6. The van der Waals surface area contributed by atoms with E-state index in [1.54, 1.807) is 11.3 Å². The van der Waals surface area contributed by atoms with Gasteiger partial charge in [0.1, 0.15) is 5.75 Å². The summed E-state index contributed by atoms with van der Waals surface area (Å²) < 4.78 is 7.10. The highest BCUT2D eigenvalue weighted by Crippen LogP contribution is 2.33. The highest BCUT2D eigenvalue weighted by Gasteiger charge is 2.31. The Balaban J connectivity index is 1.46. The van der Waals surface area contributed by atoms with Crippen molar-refractivity contribution in [3.8, 4) is 10.9 Å². The van der Waals surface area contributed by atoms with Gasteiger partial charge in [0, 0.05) is 5.54 Å². The number of likely N-dealkylation sites (N-methyl/N-ethyl adjacent to an activating group) is 1. The number of benzene rings is 2. The molecule has 0 aliphatic carbocycles. The van der Waals surface area contributed by atoms with Crippen molar-refractivity contribution >= 4 is 21.6 Å². The topological polar surface area (TPSA) is 25.4 Å². The minimum absolute atomic E-state index is 0.216. The molecule has 1 fully saturated rings. The van der Waals surface area contributed by atoms with E-state index in [1.165, 1.54) is 12.0 Å². The maximum Gasteiger partial charge on any atom is 0.279 e. The number of aromatic nitrogens is 1. The average molecular weight is 351 g/mol. The molecule has 1 unspecified atom stereocenters. The second kappa shape index (κ2) is 6.77. The number of rotatable bonds is 4. The smallest absolute Gasteiger partial charge is 0.279 e. The summed E-state index contributed by atoms with van der Waals surface area (Å²) in [5.74, 6) is 0.844. The Kier molecular flexibility index (Phi) is 4.48. The Hall–Kier alpha value is -1.91. The van der Waals surface area contributed by atoms with E-state index in [9.17, 15) is 0 Å². The fourth-order valence-corrected chi connectivity index (χ4v) is 4.28. The van der Waals surface area contributed by atoms with Gasteiger partial charge in [0.25, 0.3) is 5.19 Å². The molecule has 2 heterocycles. The number of fused-ring (bicyclic) bond motifs is 1. The predicted octanol–water partition coefficient (Wildman–Crippen LogP) is 5.32. The summed E-state index contributed by atoms with van der Waals surface area (Å²) in [6.07, 6.45) is 5.82. The first-order chi connectivity index (χ1) is 12.1. The van der Waals surface area contributed by atoms with Crippen LogP contribution in [0.25, 0.3) is 10.2 Å². The quantitative estimate of drug-likeness (QED) is 0.636. The molecular weight excluding hydrogens is 328 g/mol.